The van der Waals surface area contributed by atoms with Crippen molar-refractivity contribution in [1.82, 2.24) is 4.90 Å². The maximum absolute atomic E-state index is 12.0. The minimum absolute atomic E-state index is 0.0562. The molecule has 1 aromatic rings. The zero-order chi connectivity index (χ0) is 13.7. The minimum atomic E-state index is -0.191. The van der Waals surface area contributed by atoms with Gasteiger partial charge in [-0.1, -0.05) is 18.2 Å². The van der Waals surface area contributed by atoms with Crippen molar-refractivity contribution in [2.75, 3.05) is 23.4 Å². The summed E-state index contributed by atoms with van der Waals surface area (Å²) in [5, 5.41) is 11.2. The van der Waals surface area contributed by atoms with Crippen molar-refractivity contribution in [2.45, 2.75) is 6.54 Å². The maximum Gasteiger partial charge on any atom is 0.244 e. The molecule has 98 valence electrons. The quantitative estimate of drug-likeness (QED) is 0.842. The molecule has 1 N–H and O–H groups in total. The minimum Gasteiger partial charge on any atom is -0.328 e. The maximum atomic E-state index is 12.0. The Morgan fingerprint density at radius 1 is 1.42 bits per heavy atom. The van der Waals surface area contributed by atoms with E-state index in [-0.39, 0.29) is 29.9 Å². The van der Waals surface area contributed by atoms with Crippen LogP contribution < -0.4 is 5.32 Å². The fourth-order valence-corrected chi connectivity index (χ4v) is 2.41. The molecule has 1 aliphatic heterocycles. The second-order valence-electron chi connectivity index (χ2n) is 4.11. The van der Waals surface area contributed by atoms with E-state index in [2.05, 4.69) is 5.32 Å². The highest BCUT2D eigenvalue weighted by molar-refractivity contribution is 8.00. The molecule has 0 atom stereocenters. The molecular weight excluding hydrogens is 262 g/mol. The van der Waals surface area contributed by atoms with Gasteiger partial charge in [-0.25, -0.2) is 0 Å². The number of benzene rings is 1. The van der Waals surface area contributed by atoms with Crippen LogP contribution in [0.3, 0.4) is 0 Å². The van der Waals surface area contributed by atoms with E-state index < -0.39 is 0 Å². The fourth-order valence-electron chi connectivity index (χ4n) is 1.86. The Kier molecular flexibility index (Phi) is 4.42. The third-order valence-corrected chi connectivity index (χ3v) is 3.52. The summed E-state index contributed by atoms with van der Waals surface area (Å²) in [6.07, 6.45) is 0. The van der Waals surface area contributed by atoms with Gasteiger partial charge in [0, 0.05) is 12.2 Å². The Labute approximate surface area is 115 Å². The molecule has 2 rings (SSSR count). The lowest BCUT2D eigenvalue weighted by molar-refractivity contribution is -0.132. The molecule has 0 saturated heterocycles. The first-order valence-corrected chi connectivity index (χ1v) is 6.96. The third-order valence-electron chi connectivity index (χ3n) is 2.73. The number of amides is 2. The van der Waals surface area contributed by atoms with Crippen LogP contribution in [0.1, 0.15) is 5.56 Å². The Hall–Kier alpha value is -2.00. The number of hydrogen-bond acceptors (Lipinski definition) is 4. The van der Waals surface area contributed by atoms with Crippen LogP contribution in [-0.4, -0.2) is 34.8 Å². The normalized spacial score (nSPS) is 14.1. The summed E-state index contributed by atoms with van der Waals surface area (Å²) >= 11 is 1.26. The second-order valence-corrected chi connectivity index (χ2v) is 5.09. The summed E-state index contributed by atoms with van der Waals surface area (Å²) in [6.45, 7) is 0.474. The molecule has 5 nitrogen and oxygen atoms in total. The van der Waals surface area contributed by atoms with Crippen molar-refractivity contribution >= 4 is 29.3 Å². The van der Waals surface area contributed by atoms with Gasteiger partial charge >= 0.3 is 0 Å². The Balaban J connectivity index is 2.09. The van der Waals surface area contributed by atoms with E-state index in [1.165, 1.54) is 16.7 Å². The monoisotopic (exact) mass is 275 g/mol. The van der Waals surface area contributed by atoms with Gasteiger partial charge in [-0.3, -0.25) is 9.59 Å². The summed E-state index contributed by atoms with van der Waals surface area (Å²) in [5.41, 5.74) is 1.68. The van der Waals surface area contributed by atoms with Crippen molar-refractivity contribution in [1.29, 1.82) is 5.26 Å². The molecule has 0 spiro atoms. The number of rotatable bonds is 3. The molecule has 0 fully saturated rings. The Morgan fingerprint density at radius 3 is 3.00 bits per heavy atom. The number of fused-ring (bicyclic) bond motifs is 1. The largest absolute Gasteiger partial charge is 0.328 e. The smallest absolute Gasteiger partial charge is 0.244 e. The molecule has 0 aliphatic carbocycles. The number of thioether (sulfide) groups is 1. The van der Waals surface area contributed by atoms with Gasteiger partial charge < -0.3 is 10.2 Å². The standard InChI is InChI=1S/C13H13N3O2S/c14-5-6-19-9-13(18)16-7-10-3-1-2-4-11(10)15-12(17)8-16/h1-4H,6-9H2,(H,15,17). The zero-order valence-corrected chi connectivity index (χ0v) is 11.1. The van der Waals surface area contributed by atoms with Crippen LogP contribution in [0.5, 0.6) is 0 Å². The van der Waals surface area contributed by atoms with E-state index in [1.807, 2.05) is 30.3 Å². The van der Waals surface area contributed by atoms with Crippen LogP contribution in [-0.2, 0) is 16.1 Å². The molecule has 6 heteroatoms. The van der Waals surface area contributed by atoms with E-state index in [4.69, 9.17) is 5.26 Å². The number of carbonyl (C=O) groups excluding carboxylic acids is 2. The van der Waals surface area contributed by atoms with E-state index in [1.54, 1.807) is 0 Å². The summed E-state index contributed by atoms with van der Waals surface area (Å²) in [5.74, 6) is 0.196. The van der Waals surface area contributed by atoms with Crippen molar-refractivity contribution in [3.8, 4) is 6.07 Å². The summed E-state index contributed by atoms with van der Waals surface area (Å²) in [7, 11) is 0. The van der Waals surface area contributed by atoms with Crippen molar-refractivity contribution in [3.63, 3.8) is 0 Å². The van der Waals surface area contributed by atoms with Crippen LogP contribution in [0.4, 0.5) is 5.69 Å². The van der Waals surface area contributed by atoms with Crippen molar-refractivity contribution in [3.05, 3.63) is 29.8 Å². The third kappa shape index (κ3) is 3.48. The molecular formula is C13H13N3O2S. The van der Waals surface area contributed by atoms with Crippen LogP contribution in [0.25, 0.3) is 0 Å². The first kappa shape index (κ1) is 13.4. The first-order chi connectivity index (χ1) is 9.20. The number of carbonyl (C=O) groups is 2. The number of anilines is 1. The molecule has 0 aromatic heterocycles. The van der Waals surface area contributed by atoms with Crippen molar-refractivity contribution < 1.29 is 9.59 Å². The predicted octanol–water partition coefficient (Wildman–Crippen LogP) is 1.22. The van der Waals surface area contributed by atoms with Crippen molar-refractivity contribution in [2.24, 2.45) is 0 Å². The summed E-state index contributed by atoms with van der Waals surface area (Å²) < 4.78 is 0. The number of nitrogens with one attached hydrogen (secondary N) is 1. The first-order valence-electron chi connectivity index (χ1n) is 5.81. The molecule has 2 amide bonds. The average Bonchev–Trinajstić information content (AvgIpc) is 2.56. The molecule has 0 bridgehead atoms. The highest BCUT2D eigenvalue weighted by Gasteiger charge is 2.22. The van der Waals surface area contributed by atoms with Gasteiger partial charge in [0.15, 0.2) is 0 Å². The highest BCUT2D eigenvalue weighted by atomic mass is 32.2. The number of nitriles is 1. The lowest BCUT2D eigenvalue weighted by atomic mass is 10.2. The van der Waals surface area contributed by atoms with Crippen LogP contribution in [0, 0.1) is 11.3 Å². The summed E-state index contributed by atoms with van der Waals surface area (Å²) in [4.78, 5) is 25.2. The molecule has 0 unspecified atom stereocenters. The summed E-state index contributed by atoms with van der Waals surface area (Å²) in [6, 6.07) is 9.42. The SMILES string of the molecule is N#CCSCC(=O)N1CC(=O)Nc2ccccc2C1. The fraction of sp³-hybridized carbons (Fsp3) is 0.308. The van der Waals surface area contributed by atoms with Gasteiger partial charge in [0.05, 0.1) is 17.6 Å². The van der Waals surface area contributed by atoms with Gasteiger partial charge in [-0.05, 0) is 11.6 Å². The van der Waals surface area contributed by atoms with Gasteiger partial charge in [-0.15, -0.1) is 11.8 Å². The molecule has 0 saturated carbocycles. The Bertz CT molecular complexity index is 539. The molecule has 1 aliphatic rings. The van der Waals surface area contributed by atoms with Gasteiger partial charge in [-0.2, -0.15) is 5.26 Å². The molecule has 0 radical (unpaired) electrons. The predicted molar refractivity (Wildman–Crippen MR) is 73.4 cm³/mol. The topological polar surface area (TPSA) is 73.2 Å². The van der Waals surface area contributed by atoms with E-state index >= 15 is 0 Å². The zero-order valence-electron chi connectivity index (χ0n) is 10.3. The van der Waals surface area contributed by atoms with E-state index in [0.29, 0.717) is 6.54 Å². The molecule has 1 heterocycles. The Morgan fingerprint density at radius 2 is 2.21 bits per heavy atom. The van der Waals surface area contributed by atoms with Crippen LogP contribution in [0.15, 0.2) is 24.3 Å². The van der Waals surface area contributed by atoms with Crippen LogP contribution >= 0.6 is 11.8 Å². The van der Waals surface area contributed by atoms with E-state index in [0.717, 1.165) is 11.3 Å². The van der Waals surface area contributed by atoms with Gasteiger partial charge in [0.2, 0.25) is 11.8 Å². The lowest BCUT2D eigenvalue weighted by Crippen LogP contribution is -2.36. The molecule has 1 aromatic carbocycles. The van der Waals surface area contributed by atoms with Gasteiger partial charge in [0.25, 0.3) is 0 Å². The number of hydrogen-bond donors (Lipinski definition) is 1. The van der Waals surface area contributed by atoms with E-state index in [9.17, 15) is 9.59 Å². The highest BCUT2D eigenvalue weighted by Crippen LogP contribution is 2.20. The second kappa shape index (κ2) is 6.25. The molecule has 19 heavy (non-hydrogen) atoms. The average molecular weight is 275 g/mol. The lowest BCUT2D eigenvalue weighted by Gasteiger charge is -2.19. The van der Waals surface area contributed by atoms with Gasteiger partial charge in [0.1, 0.15) is 6.54 Å². The number of nitrogens with zero attached hydrogens (tertiary/aromatic N) is 2. The number of para-hydroxylation sites is 1. The van der Waals surface area contributed by atoms with Crippen LogP contribution in [0.2, 0.25) is 0 Å².